The van der Waals surface area contributed by atoms with Crippen LogP contribution < -0.4 is 0 Å². The molecule has 1 saturated heterocycles. The van der Waals surface area contributed by atoms with Crippen molar-refractivity contribution in [1.29, 1.82) is 0 Å². The van der Waals surface area contributed by atoms with Crippen molar-refractivity contribution in [2.45, 2.75) is 12.5 Å². The van der Waals surface area contributed by atoms with Gasteiger partial charge in [-0.25, -0.2) is 8.78 Å². The molecule has 0 unspecified atom stereocenters. The van der Waals surface area contributed by atoms with Crippen LogP contribution in [-0.4, -0.2) is 42.0 Å². The Morgan fingerprint density at radius 1 is 1.11 bits per heavy atom. The molecule has 0 bridgehead atoms. The Hall–Kier alpha value is -3.06. The quantitative estimate of drug-likeness (QED) is 0.357. The van der Waals surface area contributed by atoms with Crippen molar-refractivity contribution in [3.05, 3.63) is 76.9 Å². The summed E-state index contributed by atoms with van der Waals surface area (Å²) >= 11 is 0. The van der Waals surface area contributed by atoms with Gasteiger partial charge in [-0.15, -0.1) is 0 Å². The lowest BCUT2D eigenvalue weighted by molar-refractivity contribution is -0.140. The number of ether oxygens (including phenoxy) is 1. The average molecular weight is 387 g/mol. The summed E-state index contributed by atoms with van der Waals surface area (Å²) in [7, 11) is 1.51. The zero-order valence-corrected chi connectivity index (χ0v) is 15.2. The van der Waals surface area contributed by atoms with E-state index < -0.39 is 35.1 Å². The van der Waals surface area contributed by atoms with Gasteiger partial charge in [0.15, 0.2) is 0 Å². The largest absolute Gasteiger partial charge is 0.507 e. The van der Waals surface area contributed by atoms with Crippen LogP contribution in [0.1, 0.15) is 23.6 Å². The predicted molar refractivity (Wildman–Crippen MR) is 98.3 cm³/mol. The molecule has 1 N–H and O–H groups in total. The average Bonchev–Trinajstić information content (AvgIpc) is 2.93. The van der Waals surface area contributed by atoms with E-state index in [1.165, 1.54) is 42.3 Å². The Kier molecular flexibility index (Phi) is 5.84. The molecule has 2 aromatic carbocycles. The van der Waals surface area contributed by atoms with Crippen LogP contribution in [0.3, 0.4) is 0 Å². The fourth-order valence-corrected chi connectivity index (χ4v) is 3.27. The maximum absolute atomic E-state index is 14.5. The maximum Gasteiger partial charge on any atom is 0.295 e. The van der Waals surface area contributed by atoms with E-state index in [0.29, 0.717) is 13.0 Å². The first-order valence-electron chi connectivity index (χ1n) is 8.73. The number of nitrogens with zero attached hydrogens (tertiary/aromatic N) is 1. The highest BCUT2D eigenvalue weighted by Crippen LogP contribution is 2.40. The smallest absolute Gasteiger partial charge is 0.295 e. The molecule has 3 rings (SSSR count). The molecule has 1 fully saturated rings. The van der Waals surface area contributed by atoms with E-state index >= 15 is 0 Å². The molecular formula is C21H19F2NO4. The van der Waals surface area contributed by atoms with E-state index in [9.17, 15) is 23.5 Å². The van der Waals surface area contributed by atoms with Crippen LogP contribution in [0.25, 0.3) is 5.76 Å². The van der Waals surface area contributed by atoms with Crippen molar-refractivity contribution < 1.29 is 28.2 Å². The van der Waals surface area contributed by atoms with Crippen molar-refractivity contribution in [3.63, 3.8) is 0 Å². The standard InChI is InChI=1S/C21H19F2NO4/c1-28-12-4-11-24-18(15-5-2-3-6-16(15)23)17(20(26)21(24)27)19(25)13-7-9-14(22)10-8-13/h2-3,5-10,18,25H,4,11-12H2,1H3/t18-/m1/s1. The number of carbonyl (C=O) groups is 2. The normalized spacial score (nSPS) is 18.7. The number of benzene rings is 2. The minimum absolute atomic E-state index is 0.0998. The second kappa shape index (κ2) is 8.31. The third kappa shape index (κ3) is 3.66. The highest BCUT2D eigenvalue weighted by atomic mass is 19.1. The molecule has 1 amide bonds. The molecule has 1 atom stereocenters. The maximum atomic E-state index is 14.5. The Morgan fingerprint density at radius 2 is 1.79 bits per heavy atom. The summed E-state index contributed by atoms with van der Waals surface area (Å²) in [5.41, 5.74) is 0.0412. The van der Waals surface area contributed by atoms with Gasteiger partial charge in [0.2, 0.25) is 0 Å². The van der Waals surface area contributed by atoms with Gasteiger partial charge in [0.05, 0.1) is 11.6 Å². The van der Waals surface area contributed by atoms with Crippen molar-refractivity contribution >= 4 is 17.4 Å². The number of halogens is 2. The Bertz CT molecular complexity index is 924. The molecule has 2 aromatic rings. The van der Waals surface area contributed by atoms with Gasteiger partial charge in [0.1, 0.15) is 17.4 Å². The van der Waals surface area contributed by atoms with Crippen LogP contribution in [0.5, 0.6) is 0 Å². The molecule has 7 heteroatoms. The molecule has 1 aliphatic heterocycles. The SMILES string of the molecule is COCCCN1C(=O)C(=O)C(=C(O)c2ccc(F)cc2)[C@H]1c1ccccc1F. The summed E-state index contributed by atoms with van der Waals surface area (Å²) < 4.78 is 32.7. The second-order valence-corrected chi connectivity index (χ2v) is 6.37. The van der Waals surface area contributed by atoms with Crippen molar-refractivity contribution in [2.24, 2.45) is 0 Å². The fraction of sp³-hybridized carbons (Fsp3) is 0.238. The van der Waals surface area contributed by atoms with Gasteiger partial charge >= 0.3 is 0 Å². The summed E-state index contributed by atoms with van der Waals surface area (Å²) in [6.45, 7) is 0.503. The molecule has 146 valence electrons. The van der Waals surface area contributed by atoms with Gasteiger partial charge in [-0.1, -0.05) is 18.2 Å². The van der Waals surface area contributed by atoms with E-state index in [0.717, 1.165) is 12.1 Å². The summed E-state index contributed by atoms with van der Waals surface area (Å²) in [6.07, 6.45) is 0.436. The van der Waals surface area contributed by atoms with Crippen LogP contribution in [0, 0.1) is 11.6 Å². The van der Waals surface area contributed by atoms with Crippen LogP contribution in [0.4, 0.5) is 8.78 Å². The van der Waals surface area contributed by atoms with Crippen molar-refractivity contribution in [2.75, 3.05) is 20.3 Å². The number of Topliss-reactive ketones (excluding diaryl/α,β-unsaturated/α-hetero) is 1. The zero-order valence-electron chi connectivity index (χ0n) is 15.2. The first kappa shape index (κ1) is 19.7. The lowest BCUT2D eigenvalue weighted by Crippen LogP contribution is -2.31. The number of carbonyl (C=O) groups excluding carboxylic acids is 2. The third-order valence-electron chi connectivity index (χ3n) is 4.60. The number of aliphatic hydroxyl groups is 1. The molecule has 0 saturated carbocycles. The first-order chi connectivity index (χ1) is 13.5. The Labute approximate surface area is 160 Å². The minimum Gasteiger partial charge on any atom is -0.507 e. The minimum atomic E-state index is -1.08. The van der Waals surface area contributed by atoms with Gasteiger partial charge in [-0.3, -0.25) is 9.59 Å². The lowest BCUT2D eigenvalue weighted by Gasteiger charge is -2.25. The topological polar surface area (TPSA) is 66.8 Å². The van der Waals surface area contributed by atoms with Gasteiger partial charge in [-0.05, 0) is 36.8 Å². The second-order valence-electron chi connectivity index (χ2n) is 6.37. The van der Waals surface area contributed by atoms with E-state index in [-0.39, 0.29) is 23.2 Å². The molecular weight excluding hydrogens is 368 g/mol. The number of amides is 1. The fourth-order valence-electron chi connectivity index (χ4n) is 3.27. The van der Waals surface area contributed by atoms with Gasteiger partial charge < -0.3 is 14.7 Å². The number of methoxy groups -OCH3 is 1. The summed E-state index contributed by atoms with van der Waals surface area (Å²) in [4.78, 5) is 26.5. The van der Waals surface area contributed by atoms with Gasteiger partial charge in [-0.2, -0.15) is 0 Å². The number of aliphatic hydroxyl groups excluding tert-OH is 1. The Balaban J connectivity index is 2.14. The van der Waals surface area contributed by atoms with Crippen LogP contribution in [0.2, 0.25) is 0 Å². The zero-order chi connectivity index (χ0) is 20.3. The molecule has 1 aliphatic rings. The summed E-state index contributed by atoms with van der Waals surface area (Å²) in [5.74, 6) is -3.32. The van der Waals surface area contributed by atoms with Gasteiger partial charge in [0.25, 0.3) is 11.7 Å². The van der Waals surface area contributed by atoms with Crippen LogP contribution in [-0.2, 0) is 14.3 Å². The summed E-state index contributed by atoms with van der Waals surface area (Å²) in [6, 6.07) is 9.53. The Morgan fingerprint density at radius 3 is 2.43 bits per heavy atom. The predicted octanol–water partition coefficient (Wildman–Crippen LogP) is 3.42. The highest BCUT2D eigenvalue weighted by Gasteiger charge is 2.46. The number of hydrogen-bond donors (Lipinski definition) is 1. The van der Waals surface area contributed by atoms with E-state index in [2.05, 4.69) is 0 Å². The molecule has 0 aromatic heterocycles. The van der Waals surface area contributed by atoms with Crippen molar-refractivity contribution in [1.82, 2.24) is 4.90 Å². The number of rotatable bonds is 6. The molecule has 0 spiro atoms. The molecule has 28 heavy (non-hydrogen) atoms. The summed E-state index contributed by atoms with van der Waals surface area (Å²) in [5, 5.41) is 10.7. The number of likely N-dealkylation sites (tertiary alicyclic amines) is 1. The van der Waals surface area contributed by atoms with E-state index in [1.807, 2.05) is 0 Å². The monoisotopic (exact) mass is 387 g/mol. The third-order valence-corrected chi connectivity index (χ3v) is 4.60. The van der Waals surface area contributed by atoms with Crippen LogP contribution in [0.15, 0.2) is 54.1 Å². The molecule has 0 aliphatic carbocycles. The van der Waals surface area contributed by atoms with Crippen molar-refractivity contribution in [3.8, 4) is 0 Å². The van der Waals surface area contributed by atoms with Gasteiger partial charge in [0, 0.05) is 31.4 Å². The highest BCUT2D eigenvalue weighted by molar-refractivity contribution is 6.46. The number of hydrogen-bond acceptors (Lipinski definition) is 4. The lowest BCUT2D eigenvalue weighted by atomic mass is 9.95. The number of ketones is 1. The first-order valence-corrected chi connectivity index (χ1v) is 8.73. The van der Waals surface area contributed by atoms with E-state index in [4.69, 9.17) is 4.74 Å². The van der Waals surface area contributed by atoms with Crippen LogP contribution >= 0.6 is 0 Å². The molecule has 5 nitrogen and oxygen atoms in total. The van der Waals surface area contributed by atoms with E-state index in [1.54, 1.807) is 6.07 Å². The molecule has 0 radical (unpaired) electrons. The molecule has 1 heterocycles.